The van der Waals surface area contributed by atoms with Gasteiger partial charge in [0, 0.05) is 11.8 Å². The number of rotatable bonds is 5. The number of ether oxygens (including phenoxy) is 1. The molecule has 0 aliphatic rings. The molecular weight excluding hydrogens is 264 g/mol. The molecule has 0 heterocycles. The van der Waals surface area contributed by atoms with Gasteiger partial charge >= 0.3 is 0 Å². The van der Waals surface area contributed by atoms with Gasteiger partial charge in [0.2, 0.25) is 0 Å². The van der Waals surface area contributed by atoms with Gasteiger partial charge in [0.05, 0.1) is 24.3 Å². The van der Waals surface area contributed by atoms with Crippen LogP contribution in [0.2, 0.25) is 0 Å². The summed E-state index contributed by atoms with van der Waals surface area (Å²) in [7, 11) is -2.10. The summed E-state index contributed by atoms with van der Waals surface area (Å²) in [6, 6.07) is 6.51. The van der Waals surface area contributed by atoms with Crippen molar-refractivity contribution in [2.24, 2.45) is 5.41 Å². The van der Waals surface area contributed by atoms with Crippen LogP contribution < -0.4 is 10.5 Å². The molecule has 0 unspecified atom stereocenters. The SMILES string of the molecule is COc1cc(N)ccc1S(=O)(=O)CCC(C)(C)C#N. The van der Waals surface area contributed by atoms with E-state index in [1.54, 1.807) is 13.8 Å². The molecule has 1 aromatic carbocycles. The molecule has 104 valence electrons. The quantitative estimate of drug-likeness (QED) is 0.833. The van der Waals surface area contributed by atoms with Gasteiger partial charge in [0.25, 0.3) is 0 Å². The minimum absolute atomic E-state index is 0.103. The summed E-state index contributed by atoms with van der Waals surface area (Å²) in [6.45, 7) is 3.42. The van der Waals surface area contributed by atoms with Gasteiger partial charge in [-0.3, -0.25) is 0 Å². The second-order valence-electron chi connectivity index (χ2n) is 4.97. The van der Waals surface area contributed by atoms with E-state index >= 15 is 0 Å². The molecule has 0 aromatic heterocycles. The third-order valence-electron chi connectivity index (χ3n) is 2.82. The van der Waals surface area contributed by atoms with Crippen molar-refractivity contribution in [3.05, 3.63) is 18.2 Å². The highest BCUT2D eigenvalue weighted by atomic mass is 32.2. The second kappa shape index (κ2) is 5.49. The molecule has 0 aliphatic heterocycles. The van der Waals surface area contributed by atoms with E-state index < -0.39 is 15.3 Å². The Hall–Kier alpha value is -1.74. The molecule has 6 heteroatoms. The van der Waals surface area contributed by atoms with E-state index in [1.807, 2.05) is 0 Å². The topological polar surface area (TPSA) is 93.2 Å². The molecular formula is C13H18N2O3S. The molecule has 0 spiro atoms. The van der Waals surface area contributed by atoms with Gasteiger partial charge in [0.1, 0.15) is 10.6 Å². The highest BCUT2D eigenvalue weighted by Gasteiger charge is 2.25. The van der Waals surface area contributed by atoms with Crippen molar-refractivity contribution in [1.29, 1.82) is 5.26 Å². The number of nitrogen functional groups attached to an aromatic ring is 1. The number of nitriles is 1. The zero-order valence-corrected chi connectivity index (χ0v) is 12.1. The molecule has 5 nitrogen and oxygen atoms in total. The van der Waals surface area contributed by atoms with Crippen molar-refractivity contribution in [2.75, 3.05) is 18.6 Å². The Morgan fingerprint density at radius 2 is 2.05 bits per heavy atom. The molecule has 0 saturated heterocycles. The average Bonchev–Trinajstić information content (AvgIpc) is 2.36. The molecule has 0 aliphatic carbocycles. The molecule has 0 amide bonds. The zero-order chi connectivity index (χ0) is 14.7. The molecule has 1 aromatic rings. The fourth-order valence-corrected chi connectivity index (χ4v) is 3.22. The Balaban J connectivity index is 3.05. The van der Waals surface area contributed by atoms with Crippen molar-refractivity contribution in [2.45, 2.75) is 25.2 Å². The number of nitrogens with two attached hydrogens (primary N) is 1. The van der Waals surface area contributed by atoms with E-state index in [9.17, 15) is 8.42 Å². The van der Waals surface area contributed by atoms with Crippen LogP contribution in [0, 0.1) is 16.7 Å². The number of hydrogen-bond donors (Lipinski definition) is 1. The highest BCUT2D eigenvalue weighted by Crippen LogP contribution is 2.29. The number of nitrogens with zero attached hydrogens (tertiary/aromatic N) is 1. The molecule has 2 N–H and O–H groups in total. The van der Waals surface area contributed by atoms with Gasteiger partial charge in [-0.1, -0.05) is 0 Å². The lowest BCUT2D eigenvalue weighted by molar-refractivity contribution is 0.402. The largest absolute Gasteiger partial charge is 0.495 e. The standard InChI is InChI=1S/C13H18N2O3S/c1-13(2,9-14)6-7-19(16,17)12-5-4-10(15)8-11(12)18-3/h4-5,8H,6-7,15H2,1-3H3. The van der Waals surface area contributed by atoms with Crippen molar-refractivity contribution < 1.29 is 13.2 Å². The number of hydrogen-bond acceptors (Lipinski definition) is 5. The first-order valence-electron chi connectivity index (χ1n) is 5.79. The summed E-state index contributed by atoms with van der Waals surface area (Å²) in [5, 5.41) is 8.91. The van der Waals surface area contributed by atoms with Gasteiger partial charge in [-0.05, 0) is 32.4 Å². The smallest absolute Gasteiger partial charge is 0.182 e. The second-order valence-corrected chi connectivity index (χ2v) is 7.05. The average molecular weight is 282 g/mol. The maximum absolute atomic E-state index is 12.3. The number of methoxy groups -OCH3 is 1. The monoisotopic (exact) mass is 282 g/mol. The van der Waals surface area contributed by atoms with Gasteiger partial charge in [0.15, 0.2) is 9.84 Å². The maximum Gasteiger partial charge on any atom is 0.182 e. The van der Waals surface area contributed by atoms with Crippen molar-refractivity contribution in [3.63, 3.8) is 0 Å². The number of anilines is 1. The van der Waals surface area contributed by atoms with Gasteiger partial charge in [-0.2, -0.15) is 5.26 Å². The van der Waals surface area contributed by atoms with Gasteiger partial charge in [-0.25, -0.2) is 8.42 Å². The van der Waals surface area contributed by atoms with Crippen LogP contribution in [0.4, 0.5) is 5.69 Å². The van der Waals surface area contributed by atoms with Crippen LogP contribution in [0.25, 0.3) is 0 Å². The Labute approximate surface area is 113 Å². The Kier molecular flexibility index (Phi) is 4.43. The minimum Gasteiger partial charge on any atom is -0.495 e. The molecule has 0 saturated carbocycles. The Morgan fingerprint density at radius 3 is 2.58 bits per heavy atom. The van der Waals surface area contributed by atoms with E-state index in [2.05, 4.69) is 6.07 Å². The lowest BCUT2D eigenvalue weighted by atomic mass is 9.93. The van der Waals surface area contributed by atoms with Gasteiger partial charge < -0.3 is 10.5 Å². The molecule has 19 heavy (non-hydrogen) atoms. The summed E-state index contributed by atoms with van der Waals surface area (Å²) < 4.78 is 29.6. The van der Waals surface area contributed by atoms with Crippen LogP contribution in [0.15, 0.2) is 23.1 Å². The molecule has 0 atom stereocenters. The van der Waals surface area contributed by atoms with Crippen LogP contribution >= 0.6 is 0 Å². The van der Waals surface area contributed by atoms with Crippen LogP contribution in [-0.4, -0.2) is 21.3 Å². The summed E-state index contributed by atoms with van der Waals surface area (Å²) in [4.78, 5) is 0.109. The lowest BCUT2D eigenvalue weighted by Gasteiger charge is -2.16. The first-order valence-corrected chi connectivity index (χ1v) is 7.44. The van der Waals surface area contributed by atoms with E-state index in [0.29, 0.717) is 5.69 Å². The number of benzene rings is 1. The number of sulfone groups is 1. The third kappa shape index (κ3) is 3.86. The van der Waals surface area contributed by atoms with Crippen LogP contribution in [-0.2, 0) is 9.84 Å². The maximum atomic E-state index is 12.3. The first kappa shape index (κ1) is 15.3. The zero-order valence-electron chi connectivity index (χ0n) is 11.3. The Morgan fingerprint density at radius 1 is 1.42 bits per heavy atom. The van der Waals surface area contributed by atoms with Crippen molar-refractivity contribution in [1.82, 2.24) is 0 Å². The Bertz CT molecular complexity index is 601. The van der Waals surface area contributed by atoms with E-state index in [1.165, 1.54) is 25.3 Å². The highest BCUT2D eigenvalue weighted by molar-refractivity contribution is 7.91. The van der Waals surface area contributed by atoms with E-state index in [-0.39, 0.29) is 22.8 Å². The predicted octanol–water partition coefficient (Wildman–Crippen LogP) is 1.99. The normalized spacial score (nSPS) is 11.9. The van der Waals surface area contributed by atoms with E-state index in [0.717, 1.165) is 0 Å². The van der Waals surface area contributed by atoms with E-state index in [4.69, 9.17) is 15.7 Å². The summed E-state index contributed by atoms with van der Waals surface area (Å²) in [6.07, 6.45) is 0.263. The van der Waals surface area contributed by atoms with Crippen molar-refractivity contribution in [3.8, 4) is 11.8 Å². The predicted molar refractivity (Wildman–Crippen MR) is 73.5 cm³/mol. The summed E-state index contributed by atoms with van der Waals surface area (Å²) in [5.41, 5.74) is 5.36. The summed E-state index contributed by atoms with van der Waals surface area (Å²) >= 11 is 0. The van der Waals surface area contributed by atoms with Crippen LogP contribution in [0.3, 0.4) is 0 Å². The molecule has 0 bridgehead atoms. The lowest BCUT2D eigenvalue weighted by Crippen LogP contribution is -2.17. The van der Waals surface area contributed by atoms with Gasteiger partial charge in [-0.15, -0.1) is 0 Å². The molecule has 0 fully saturated rings. The first-order chi connectivity index (χ1) is 8.72. The molecule has 1 rings (SSSR count). The third-order valence-corrected chi connectivity index (χ3v) is 4.57. The molecule has 0 radical (unpaired) electrons. The van der Waals surface area contributed by atoms with Crippen molar-refractivity contribution >= 4 is 15.5 Å². The van der Waals surface area contributed by atoms with Crippen LogP contribution in [0.1, 0.15) is 20.3 Å². The van der Waals surface area contributed by atoms with Crippen LogP contribution in [0.5, 0.6) is 5.75 Å². The summed E-state index contributed by atoms with van der Waals surface area (Å²) in [5.74, 6) is 0.128. The fourth-order valence-electron chi connectivity index (χ4n) is 1.50. The minimum atomic E-state index is -3.49. The fraction of sp³-hybridized carbons (Fsp3) is 0.462.